The predicted octanol–water partition coefficient (Wildman–Crippen LogP) is 4.88. The van der Waals surface area contributed by atoms with Crippen LogP contribution in [0.3, 0.4) is 0 Å². The Hall–Kier alpha value is -2.98. The topological polar surface area (TPSA) is 98.1 Å². The molecule has 8 nitrogen and oxygen atoms in total. The maximum Gasteiger partial charge on any atom is 0.251 e. The van der Waals surface area contributed by atoms with Gasteiger partial charge in [-0.1, -0.05) is 23.9 Å². The number of aryl methyl sites for hydroxylation is 1. The molecule has 1 heterocycles. The standard InChI is InChI=1S/C26H33N5O3S2/c1-6-31-24(22(14-15-35-5)28-25(33)19-10-12-20(34-4)13-11-19)29-30-26(31)36-16-23(32)27-21-9-7-8-17(2)18(21)3/h7-13,22H,6,14-16H2,1-5H3,(H,27,32)(H,28,33). The third-order valence-electron chi connectivity index (χ3n) is 5.85. The van der Waals surface area contributed by atoms with Gasteiger partial charge in [-0.25, -0.2) is 0 Å². The molecule has 36 heavy (non-hydrogen) atoms. The van der Waals surface area contributed by atoms with Crippen molar-refractivity contribution in [3.63, 3.8) is 0 Å². The van der Waals surface area contributed by atoms with E-state index in [1.165, 1.54) is 11.8 Å². The van der Waals surface area contributed by atoms with Crippen LogP contribution in [0.1, 0.15) is 46.7 Å². The van der Waals surface area contributed by atoms with E-state index in [9.17, 15) is 9.59 Å². The van der Waals surface area contributed by atoms with Crippen LogP contribution in [0.5, 0.6) is 5.75 Å². The molecule has 1 aromatic heterocycles. The molecule has 3 rings (SSSR count). The lowest BCUT2D eigenvalue weighted by Gasteiger charge is -2.19. The van der Waals surface area contributed by atoms with E-state index < -0.39 is 0 Å². The zero-order valence-corrected chi connectivity index (χ0v) is 23.0. The fraction of sp³-hybridized carbons (Fsp3) is 0.385. The second kappa shape index (κ2) is 13.4. The molecule has 10 heteroatoms. The molecule has 1 atom stereocenters. The summed E-state index contributed by atoms with van der Waals surface area (Å²) in [6.45, 7) is 6.64. The molecule has 0 aliphatic heterocycles. The van der Waals surface area contributed by atoms with Crippen molar-refractivity contribution in [2.45, 2.75) is 44.9 Å². The van der Waals surface area contributed by atoms with Crippen molar-refractivity contribution < 1.29 is 14.3 Å². The van der Waals surface area contributed by atoms with E-state index in [1.807, 2.05) is 49.8 Å². The fourth-order valence-corrected chi connectivity index (χ4v) is 4.93. The summed E-state index contributed by atoms with van der Waals surface area (Å²) >= 11 is 3.04. The molecule has 0 fully saturated rings. The molecule has 0 aliphatic carbocycles. The fourth-order valence-electron chi connectivity index (χ4n) is 3.65. The molecule has 192 valence electrons. The molecular weight excluding hydrogens is 494 g/mol. The van der Waals surface area contributed by atoms with Gasteiger partial charge in [0.1, 0.15) is 5.75 Å². The van der Waals surface area contributed by atoms with Crippen molar-refractivity contribution >= 4 is 41.0 Å². The van der Waals surface area contributed by atoms with Crippen molar-refractivity contribution in [3.8, 4) is 5.75 Å². The second-order valence-corrected chi connectivity index (χ2v) is 10.1. The Morgan fingerprint density at radius 2 is 1.86 bits per heavy atom. The molecule has 3 aromatic rings. The Morgan fingerprint density at radius 3 is 2.53 bits per heavy atom. The number of methoxy groups -OCH3 is 1. The number of anilines is 1. The van der Waals surface area contributed by atoms with Crippen LogP contribution in [0, 0.1) is 13.8 Å². The summed E-state index contributed by atoms with van der Waals surface area (Å²) in [5, 5.41) is 15.5. The van der Waals surface area contributed by atoms with Crippen molar-refractivity contribution in [2.24, 2.45) is 0 Å². The largest absolute Gasteiger partial charge is 0.497 e. The van der Waals surface area contributed by atoms with Gasteiger partial charge in [-0.2, -0.15) is 11.8 Å². The number of aromatic nitrogens is 3. The number of hydrogen-bond donors (Lipinski definition) is 2. The summed E-state index contributed by atoms with van der Waals surface area (Å²) in [4.78, 5) is 25.6. The molecule has 0 bridgehead atoms. The number of nitrogens with one attached hydrogen (secondary N) is 2. The highest BCUT2D eigenvalue weighted by molar-refractivity contribution is 7.99. The maximum absolute atomic E-state index is 13.0. The van der Waals surface area contributed by atoms with Gasteiger partial charge in [0.15, 0.2) is 11.0 Å². The van der Waals surface area contributed by atoms with Gasteiger partial charge in [0.2, 0.25) is 5.91 Å². The molecule has 0 saturated carbocycles. The van der Waals surface area contributed by atoms with Crippen LogP contribution in [-0.4, -0.2) is 51.5 Å². The molecule has 0 saturated heterocycles. The lowest BCUT2D eigenvalue weighted by molar-refractivity contribution is -0.113. The first-order valence-corrected chi connectivity index (χ1v) is 14.1. The minimum atomic E-state index is -0.308. The summed E-state index contributed by atoms with van der Waals surface area (Å²) in [5.41, 5.74) is 3.55. The molecule has 0 spiro atoms. The molecule has 2 N–H and O–H groups in total. The molecule has 0 radical (unpaired) electrons. The zero-order chi connectivity index (χ0) is 26.1. The monoisotopic (exact) mass is 527 g/mol. The van der Waals surface area contributed by atoms with Crippen molar-refractivity contribution in [2.75, 3.05) is 30.2 Å². The van der Waals surface area contributed by atoms with Crippen LogP contribution in [-0.2, 0) is 11.3 Å². The number of rotatable bonds is 12. The van der Waals surface area contributed by atoms with Gasteiger partial charge >= 0.3 is 0 Å². The van der Waals surface area contributed by atoms with Gasteiger partial charge in [-0.15, -0.1) is 10.2 Å². The van der Waals surface area contributed by atoms with Crippen LogP contribution in [0.15, 0.2) is 47.6 Å². The predicted molar refractivity (Wildman–Crippen MR) is 147 cm³/mol. The summed E-state index contributed by atoms with van der Waals surface area (Å²) < 4.78 is 7.15. The lowest BCUT2D eigenvalue weighted by atomic mass is 10.1. The van der Waals surface area contributed by atoms with Crippen molar-refractivity contribution in [3.05, 3.63) is 65.0 Å². The number of nitrogens with zero attached hydrogens (tertiary/aromatic N) is 3. The van der Waals surface area contributed by atoms with Gasteiger partial charge in [-0.3, -0.25) is 9.59 Å². The number of hydrogen-bond acceptors (Lipinski definition) is 7. The van der Waals surface area contributed by atoms with E-state index in [0.717, 1.165) is 22.6 Å². The van der Waals surface area contributed by atoms with Crippen LogP contribution >= 0.6 is 23.5 Å². The summed E-state index contributed by atoms with van der Waals surface area (Å²) in [5.74, 6) is 2.15. The van der Waals surface area contributed by atoms with Crippen LogP contribution in [0.2, 0.25) is 0 Å². The van der Waals surface area contributed by atoms with E-state index in [4.69, 9.17) is 4.74 Å². The van der Waals surface area contributed by atoms with E-state index in [-0.39, 0.29) is 23.6 Å². The number of amides is 2. The van der Waals surface area contributed by atoms with Gasteiger partial charge in [0, 0.05) is 17.8 Å². The maximum atomic E-state index is 13.0. The number of thioether (sulfide) groups is 2. The van der Waals surface area contributed by atoms with E-state index >= 15 is 0 Å². The average Bonchev–Trinajstić information content (AvgIpc) is 3.30. The number of benzene rings is 2. The Bertz CT molecular complexity index is 1180. The highest BCUT2D eigenvalue weighted by Crippen LogP contribution is 2.25. The highest BCUT2D eigenvalue weighted by Gasteiger charge is 2.23. The normalized spacial score (nSPS) is 11.7. The van der Waals surface area contributed by atoms with Gasteiger partial charge in [0.25, 0.3) is 5.91 Å². The first kappa shape index (κ1) is 27.6. The van der Waals surface area contributed by atoms with Crippen LogP contribution in [0.4, 0.5) is 5.69 Å². The van der Waals surface area contributed by atoms with Crippen LogP contribution < -0.4 is 15.4 Å². The smallest absolute Gasteiger partial charge is 0.251 e. The van der Waals surface area contributed by atoms with Gasteiger partial charge in [-0.05, 0) is 80.7 Å². The van der Waals surface area contributed by atoms with Gasteiger partial charge in [0.05, 0.1) is 18.9 Å². The number of carbonyl (C=O) groups is 2. The summed E-state index contributed by atoms with van der Waals surface area (Å²) in [7, 11) is 1.59. The third-order valence-corrected chi connectivity index (χ3v) is 7.46. The number of carbonyl (C=O) groups excluding carboxylic acids is 2. The minimum Gasteiger partial charge on any atom is -0.497 e. The number of ether oxygens (including phenoxy) is 1. The first-order chi connectivity index (χ1) is 17.4. The quantitative estimate of drug-likeness (QED) is 0.324. The third kappa shape index (κ3) is 7.04. The summed E-state index contributed by atoms with van der Waals surface area (Å²) in [6.07, 6.45) is 2.74. The summed E-state index contributed by atoms with van der Waals surface area (Å²) in [6, 6.07) is 12.5. The Morgan fingerprint density at radius 1 is 1.11 bits per heavy atom. The lowest BCUT2D eigenvalue weighted by Crippen LogP contribution is -2.31. The zero-order valence-electron chi connectivity index (χ0n) is 21.3. The molecule has 2 amide bonds. The highest BCUT2D eigenvalue weighted by atomic mass is 32.2. The van der Waals surface area contributed by atoms with Gasteiger partial charge < -0.3 is 19.9 Å². The average molecular weight is 528 g/mol. The van der Waals surface area contributed by atoms with E-state index in [2.05, 4.69) is 20.8 Å². The first-order valence-electron chi connectivity index (χ1n) is 11.7. The van der Waals surface area contributed by atoms with Crippen molar-refractivity contribution in [1.29, 1.82) is 0 Å². The van der Waals surface area contributed by atoms with E-state index in [0.29, 0.717) is 35.3 Å². The molecular formula is C26H33N5O3S2. The Balaban J connectivity index is 1.72. The Kier molecular flexibility index (Phi) is 10.2. The van der Waals surface area contributed by atoms with Crippen LogP contribution in [0.25, 0.3) is 0 Å². The van der Waals surface area contributed by atoms with E-state index in [1.54, 1.807) is 43.1 Å². The molecule has 2 aromatic carbocycles. The van der Waals surface area contributed by atoms with Crippen molar-refractivity contribution in [1.82, 2.24) is 20.1 Å². The molecule has 1 unspecified atom stereocenters. The minimum absolute atomic E-state index is 0.104. The Labute approximate surface area is 221 Å². The second-order valence-electron chi connectivity index (χ2n) is 8.21. The SMILES string of the molecule is CCn1c(SCC(=O)Nc2cccc(C)c2C)nnc1C(CCSC)NC(=O)c1ccc(OC)cc1. The molecule has 0 aliphatic rings.